The second-order valence-corrected chi connectivity index (χ2v) is 6.28. The molecule has 1 fully saturated rings. The first-order chi connectivity index (χ1) is 8.49. The Morgan fingerprint density at radius 3 is 2.83 bits per heavy atom. The summed E-state index contributed by atoms with van der Waals surface area (Å²) in [6.07, 6.45) is 1.33. The van der Waals surface area contributed by atoms with Crippen LogP contribution in [0, 0.1) is 0 Å². The van der Waals surface area contributed by atoms with Crippen LogP contribution in [0.25, 0.3) is 0 Å². The Morgan fingerprint density at radius 1 is 1.44 bits per heavy atom. The van der Waals surface area contributed by atoms with E-state index in [0.717, 1.165) is 12.8 Å². The van der Waals surface area contributed by atoms with Gasteiger partial charge in [-0.25, -0.2) is 13.2 Å². The van der Waals surface area contributed by atoms with Crippen molar-refractivity contribution in [3.05, 3.63) is 29.8 Å². The lowest BCUT2D eigenvalue weighted by Gasteiger charge is -2.10. The summed E-state index contributed by atoms with van der Waals surface area (Å²) in [4.78, 5) is 10.8. The molecule has 0 bridgehead atoms. The summed E-state index contributed by atoms with van der Waals surface area (Å²) in [5.41, 5.74) is -0.0246. The number of ether oxygens (including phenoxy) is 1. The smallest absolute Gasteiger partial charge is 0.335 e. The zero-order valence-corrected chi connectivity index (χ0v) is 10.5. The first kappa shape index (κ1) is 13.0. The Labute approximate surface area is 105 Å². The predicted molar refractivity (Wildman–Crippen MR) is 64.4 cm³/mol. The van der Waals surface area contributed by atoms with Crippen molar-refractivity contribution in [2.45, 2.75) is 23.8 Å². The van der Waals surface area contributed by atoms with E-state index in [1.165, 1.54) is 24.3 Å². The van der Waals surface area contributed by atoms with Crippen molar-refractivity contribution in [3.8, 4) is 0 Å². The highest BCUT2D eigenvalue weighted by Crippen LogP contribution is 2.19. The Balaban J connectivity index is 2.23. The Hall–Kier alpha value is -1.40. The molecule has 0 aromatic heterocycles. The average molecular weight is 270 g/mol. The highest BCUT2D eigenvalue weighted by Gasteiger charge is 2.25. The average Bonchev–Trinajstić information content (AvgIpc) is 2.81. The normalized spacial score (nSPS) is 19.9. The molecule has 1 aliphatic rings. The molecule has 1 aromatic rings. The molecule has 2 rings (SSSR count). The van der Waals surface area contributed by atoms with Crippen molar-refractivity contribution < 1.29 is 23.1 Å². The molecule has 0 saturated carbocycles. The van der Waals surface area contributed by atoms with Gasteiger partial charge < -0.3 is 9.84 Å². The third-order valence-electron chi connectivity index (χ3n) is 2.87. The van der Waals surface area contributed by atoms with Crippen LogP contribution >= 0.6 is 0 Å². The molecule has 98 valence electrons. The second-order valence-electron chi connectivity index (χ2n) is 4.25. The molecule has 1 N–H and O–H groups in total. The van der Waals surface area contributed by atoms with Crippen molar-refractivity contribution >= 4 is 15.8 Å². The van der Waals surface area contributed by atoms with Crippen LogP contribution in [0.5, 0.6) is 0 Å². The Morgan fingerprint density at radius 2 is 2.22 bits per heavy atom. The summed E-state index contributed by atoms with van der Waals surface area (Å²) < 4.78 is 29.5. The molecule has 1 unspecified atom stereocenters. The zero-order valence-electron chi connectivity index (χ0n) is 9.70. The third-order valence-corrected chi connectivity index (χ3v) is 4.65. The SMILES string of the molecule is O=C(O)c1cccc(S(=O)(=O)CC2CCCO2)c1. The molecule has 0 spiro atoms. The highest BCUT2D eigenvalue weighted by molar-refractivity contribution is 7.91. The second kappa shape index (κ2) is 5.07. The van der Waals surface area contributed by atoms with E-state index in [9.17, 15) is 13.2 Å². The summed E-state index contributed by atoms with van der Waals surface area (Å²) in [5.74, 6) is -1.22. The molecule has 1 saturated heterocycles. The number of aromatic carboxylic acids is 1. The van der Waals surface area contributed by atoms with Crippen LogP contribution in [0.2, 0.25) is 0 Å². The van der Waals surface area contributed by atoms with E-state index in [0.29, 0.717) is 6.61 Å². The number of hydrogen-bond donors (Lipinski definition) is 1. The lowest BCUT2D eigenvalue weighted by atomic mass is 10.2. The van der Waals surface area contributed by atoms with Gasteiger partial charge in [-0.05, 0) is 31.0 Å². The Bertz CT molecular complexity index is 543. The fourth-order valence-corrected chi connectivity index (χ4v) is 3.48. The fraction of sp³-hybridized carbons (Fsp3) is 0.417. The molecule has 1 atom stereocenters. The number of carbonyl (C=O) groups is 1. The van der Waals surface area contributed by atoms with Crippen LogP contribution in [-0.2, 0) is 14.6 Å². The summed E-state index contributed by atoms with van der Waals surface area (Å²) in [6.45, 7) is 0.593. The van der Waals surface area contributed by atoms with Gasteiger partial charge in [0.15, 0.2) is 9.84 Å². The number of hydrogen-bond acceptors (Lipinski definition) is 4. The molecular formula is C12H14O5S. The van der Waals surface area contributed by atoms with Gasteiger partial charge in [-0.15, -0.1) is 0 Å². The number of benzene rings is 1. The van der Waals surface area contributed by atoms with Gasteiger partial charge in [-0.1, -0.05) is 6.07 Å². The van der Waals surface area contributed by atoms with E-state index in [2.05, 4.69) is 0 Å². The lowest BCUT2D eigenvalue weighted by molar-refractivity contribution is 0.0696. The van der Waals surface area contributed by atoms with E-state index in [1.807, 2.05) is 0 Å². The minimum absolute atomic E-state index is 0.0246. The molecule has 18 heavy (non-hydrogen) atoms. The monoisotopic (exact) mass is 270 g/mol. The van der Waals surface area contributed by atoms with Crippen molar-refractivity contribution in [2.75, 3.05) is 12.4 Å². The molecule has 5 nitrogen and oxygen atoms in total. The zero-order chi connectivity index (χ0) is 13.2. The van der Waals surface area contributed by atoms with Crippen LogP contribution < -0.4 is 0 Å². The van der Waals surface area contributed by atoms with Crippen molar-refractivity contribution in [1.82, 2.24) is 0 Å². The summed E-state index contributed by atoms with van der Waals surface area (Å²) >= 11 is 0. The maximum atomic E-state index is 12.1. The van der Waals surface area contributed by atoms with Gasteiger partial charge >= 0.3 is 5.97 Å². The minimum atomic E-state index is -3.49. The first-order valence-corrected chi connectivity index (χ1v) is 7.32. The quantitative estimate of drug-likeness (QED) is 0.893. The van der Waals surface area contributed by atoms with Gasteiger partial charge in [0.05, 0.1) is 22.3 Å². The van der Waals surface area contributed by atoms with Gasteiger partial charge in [-0.3, -0.25) is 0 Å². The third kappa shape index (κ3) is 2.88. The van der Waals surface area contributed by atoms with Crippen LogP contribution in [0.15, 0.2) is 29.2 Å². The van der Waals surface area contributed by atoms with Crippen LogP contribution in [0.1, 0.15) is 23.2 Å². The summed E-state index contributed by atoms with van der Waals surface area (Å²) in [5, 5.41) is 8.84. The van der Waals surface area contributed by atoms with Crippen LogP contribution in [-0.4, -0.2) is 38.0 Å². The van der Waals surface area contributed by atoms with E-state index >= 15 is 0 Å². The molecule has 0 aliphatic carbocycles. The van der Waals surface area contributed by atoms with Gasteiger partial charge in [0.2, 0.25) is 0 Å². The predicted octanol–water partition coefficient (Wildman–Crippen LogP) is 1.34. The number of sulfone groups is 1. The topological polar surface area (TPSA) is 80.7 Å². The summed E-state index contributed by atoms with van der Waals surface area (Å²) in [7, 11) is -3.49. The van der Waals surface area contributed by atoms with Crippen molar-refractivity contribution in [2.24, 2.45) is 0 Å². The first-order valence-electron chi connectivity index (χ1n) is 5.67. The number of carboxylic acid groups (broad SMARTS) is 1. The van der Waals surface area contributed by atoms with E-state index in [-0.39, 0.29) is 22.3 Å². The molecule has 6 heteroatoms. The molecule has 1 aliphatic heterocycles. The van der Waals surface area contributed by atoms with Gasteiger partial charge in [-0.2, -0.15) is 0 Å². The molecule has 1 heterocycles. The molecule has 1 aromatic carbocycles. The van der Waals surface area contributed by atoms with Crippen LogP contribution in [0.3, 0.4) is 0 Å². The summed E-state index contributed by atoms with van der Waals surface area (Å²) in [6, 6.07) is 5.41. The van der Waals surface area contributed by atoms with E-state index in [1.54, 1.807) is 0 Å². The highest BCUT2D eigenvalue weighted by atomic mass is 32.2. The maximum Gasteiger partial charge on any atom is 0.335 e. The largest absolute Gasteiger partial charge is 0.478 e. The molecule has 0 amide bonds. The minimum Gasteiger partial charge on any atom is -0.478 e. The lowest BCUT2D eigenvalue weighted by Crippen LogP contribution is -2.20. The van der Waals surface area contributed by atoms with Gasteiger partial charge in [0.25, 0.3) is 0 Å². The molecular weight excluding hydrogens is 256 g/mol. The van der Waals surface area contributed by atoms with E-state index in [4.69, 9.17) is 9.84 Å². The van der Waals surface area contributed by atoms with E-state index < -0.39 is 15.8 Å². The Kier molecular flexibility index (Phi) is 3.68. The maximum absolute atomic E-state index is 12.1. The standard InChI is InChI=1S/C12H14O5S/c13-12(14)9-3-1-5-11(7-9)18(15,16)8-10-4-2-6-17-10/h1,3,5,7,10H,2,4,6,8H2,(H,13,14). The fourth-order valence-electron chi connectivity index (χ4n) is 1.94. The van der Waals surface area contributed by atoms with Crippen LogP contribution in [0.4, 0.5) is 0 Å². The van der Waals surface area contributed by atoms with Crippen molar-refractivity contribution in [1.29, 1.82) is 0 Å². The van der Waals surface area contributed by atoms with Gasteiger partial charge in [0, 0.05) is 6.61 Å². The van der Waals surface area contributed by atoms with Crippen molar-refractivity contribution in [3.63, 3.8) is 0 Å². The number of rotatable bonds is 4. The molecule has 0 radical (unpaired) electrons. The van der Waals surface area contributed by atoms with Gasteiger partial charge in [0.1, 0.15) is 0 Å². The number of carboxylic acids is 1.